The Labute approximate surface area is 267 Å². The molecule has 0 bridgehead atoms. The van der Waals surface area contributed by atoms with E-state index in [2.05, 4.69) is 10.3 Å². The van der Waals surface area contributed by atoms with Crippen LogP contribution in [0.3, 0.4) is 0 Å². The van der Waals surface area contributed by atoms with E-state index in [0.29, 0.717) is 69.6 Å². The molecule has 1 fully saturated rings. The second-order valence-corrected chi connectivity index (χ2v) is 11.7. The van der Waals surface area contributed by atoms with Crippen molar-refractivity contribution in [1.29, 1.82) is 0 Å². The summed E-state index contributed by atoms with van der Waals surface area (Å²) in [4.78, 5) is 47.0. The smallest absolute Gasteiger partial charge is 0.271 e. The first kappa shape index (κ1) is 30.9. The van der Waals surface area contributed by atoms with E-state index in [1.807, 2.05) is 18.2 Å². The summed E-state index contributed by atoms with van der Waals surface area (Å²) in [5.74, 6) is -0.194. The van der Waals surface area contributed by atoms with Gasteiger partial charge in [-0.3, -0.25) is 19.0 Å². The van der Waals surface area contributed by atoms with E-state index in [9.17, 15) is 18.8 Å². The van der Waals surface area contributed by atoms with Gasteiger partial charge in [0.1, 0.15) is 5.82 Å². The molecule has 4 aromatic rings. The number of allylic oxidation sites excluding steroid dienone is 1. The number of amides is 2. The maximum Gasteiger partial charge on any atom is 0.271 e. The fraction of sp³-hybridized carbons (Fsp3) is 0.235. The van der Waals surface area contributed by atoms with E-state index in [1.54, 1.807) is 60.4 Å². The van der Waals surface area contributed by atoms with E-state index in [4.69, 9.17) is 14.2 Å². The number of methoxy groups -OCH3 is 1. The van der Waals surface area contributed by atoms with Crippen molar-refractivity contribution in [2.45, 2.75) is 13.0 Å². The van der Waals surface area contributed by atoms with Crippen LogP contribution in [-0.2, 0) is 14.3 Å². The van der Waals surface area contributed by atoms with E-state index in [0.717, 1.165) is 0 Å². The standard InChI is InChI=1S/C34H31FN4O6S/c1-21-30(32(41)37-25-6-4-3-5-7-25)31(23-9-11-24(35)12-10-23)39-33(42)28(46-34(39)36-21)19-22-8-13-26(27(18-22)43-2)45-20-29(40)38-14-16-44-17-15-38/h3-13,18-19,31H,14-17,20H2,1-2H3,(H,37,41)/b28-19+/t31-/m1/s1. The highest BCUT2D eigenvalue weighted by Gasteiger charge is 2.32. The topological polar surface area (TPSA) is 111 Å². The number of ether oxygens (including phenoxy) is 3. The number of thiazole rings is 1. The number of para-hydroxylation sites is 1. The molecule has 1 atom stereocenters. The first-order valence-corrected chi connectivity index (χ1v) is 15.4. The van der Waals surface area contributed by atoms with Crippen LogP contribution in [0.15, 0.2) is 93.9 Å². The number of morpholine rings is 1. The Bertz CT molecular complexity index is 1980. The molecule has 1 N–H and O–H groups in total. The van der Waals surface area contributed by atoms with E-state index < -0.39 is 17.8 Å². The summed E-state index contributed by atoms with van der Waals surface area (Å²) in [5, 5.41) is 2.90. The van der Waals surface area contributed by atoms with Crippen LogP contribution < -0.4 is 29.7 Å². The van der Waals surface area contributed by atoms with Gasteiger partial charge in [0, 0.05) is 18.8 Å². The van der Waals surface area contributed by atoms with Crippen molar-refractivity contribution in [3.8, 4) is 11.5 Å². The van der Waals surface area contributed by atoms with Crippen LogP contribution in [0.4, 0.5) is 10.1 Å². The first-order valence-electron chi connectivity index (χ1n) is 14.6. The van der Waals surface area contributed by atoms with Crippen molar-refractivity contribution >= 4 is 34.9 Å². The summed E-state index contributed by atoms with van der Waals surface area (Å²) in [6.45, 7) is 3.63. The molecule has 10 nitrogen and oxygen atoms in total. The van der Waals surface area contributed by atoms with Crippen molar-refractivity contribution in [2.24, 2.45) is 4.99 Å². The van der Waals surface area contributed by atoms with Crippen LogP contribution >= 0.6 is 11.3 Å². The van der Waals surface area contributed by atoms with Gasteiger partial charge in [-0.2, -0.15) is 0 Å². The number of aromatic nitrogens is 1. The zero-order valence-corrected chi connectivity index (χ0v) is 26.0. The van der Waals surface area contributed by atoms with Gasteiger partial charge in [0.2, 0.25) is 0 Å². The summed E-state index contributed by atoms with van der Waals surface area (Å²) in [6, 6.07) is 19.1. The summed E-state index contributed by atoms with van der Waals surface area (Å²) in [7, 11) is 1.50. The van der Waals surface area contributed by atoms with Gasteiger partial charge >= 0.3 is 0 Å². The Balaban J connectivity index is 1.33. The highest BCUT2D eigenvalue weighted by Crippen LogP contribution is 2.31. The van der Waals surface area contributed by atoms with E-state index in [-0.39, 0.29) is 23.6 Å². The second kappa shape index (κ2) is 13.5. The number of benzene rings is 3. The number of rotatable bonds is 8. The number of anilines is 1. The van der Waals surface area contributed by atoms with Gasteiger partial charge in [-0.15, -0.1) is 0 Å². The minimum absolute atomic E-state index is 0.140. The molecule has 1 saturated heterocycles. The molecule has 0 saturated carbocycles. The molecular formula is C34H31FN4O6S. The quantitative estimate of drug-likeness (QED) is 0.316. The Morgan fingerprint density at radius 1 is 1.07 bits per heavy atom. The van der Waals surface area contributed by atoms with Gasteiger partial charge in [0.05, 0.1) is 42.2 Å². The lowest BCUT2D eigenvalue weighted by molar-refractivity contribution is -0.137. The molecule has 0 radical (unpaired) electrons. The van der Waals surface area contributed by atoms with Gasteiger partial charge < -0.3 is 24.4 Å². The number of nitrogens with one attached hydrogen (secondary N) is 1. The first-order chi connectivity index (χ1) is 22.3. The molecule has 1 aromatic heterocycles. The fourth-order valence-electron chi connectivity index (χ4n) is 5.38. The molecule has 2 aliphatic rings. The maximum atomic E-state index is 14.0. The highest BCUT2D eigenvalue weighted by molar-refractivity contribution is 7.07. The lowest BCUT2D eigenvalue weighted by Gasteiger charge is -2.26. The maximum absolute atomic E-state index is 14.0. The highest BCUT2D eigenvalue weighted by atomic mass is 32.1. The fourth-order valence-corrected chi connectivity index (χ4v) is 6.43. The third-order valence-electron chi connectivity index (χ3n) is 7.68. The zero-order valence-electron chi connectivity index (χ0n) is 25.2. The average molecular weight is 643 g/mol. The molecule has 6 rings (SSSR count). The molecule has 0 spiro atoms. The third-order valence-corrected chi connectivity index (χ3v) is 8.67. The third kappa shape index (κ3) is 6.49. The normalized spacial score (nSPS) is 16.5. The van der Waals surface area contributed by atoms with Crippen molar-refractivity contribution < 1.29 is 28.2 Å². The van der Waals surface area contributed by atoms with Crippen LogP contribution in [0.1, 0.15) is 24.1 Å². The van der Waals surface area contributed by atoms with E-state index in [1.165, 1.54) is 35.1 Å². The minimum atomic E-state index is -0.836. The number of halogens is 1. The molecule has 3 heterocycles. The Morgan fingerprint density at radius 3 is 2.52 bits per heavy atom. The predicted molar refractivity (Wildman–Crippen MR) is 171 cm³/mol. The molecule has 2 amide bonds. The molecule has 0 aliphatic carbocycles. The lowest BCUT2D eigenvalue weighted by Crippen LogP contribution is -2.43. The van der Waals surface area contributed by atoms with Crippen molar-refractivity contribution in [3.63, 3.8) is 0 Å². The summed E-state index contributed by atoms with van der Waals surface area (Å²) in [6.07, 6.45) is 1.71. The second-order valence-electron chi connectivity index (χ2n) is 10.6. The van der Waals surface area contributed by atoms with Crippen LogP contribution in [-0.4, -0.2) is 61.3 Å². The number of carbonyl (C=O) groups is 2. The Kier molecular flexibility index (Phi) is 9.08. The van der Waals surface area contributed by atoms with Gasteiger partial charge in [0.15, 0.2) is 22.9 Å². The van der Waals surface area contributed by atoms with Crippen LogP contribution in [0.5, 0.6) is 11.5 Å². The number of hydrogen-bond acceptors (Lipinski definition) is 8. The molecule has 0 unspecified atom stereocenters. The van der Waals surface area contributed by atoms with Crippen molar-refractivity contribution in [3.05, 3.63) is 121 Å². The summed E-state index contributed by atoms with van der Waals surface area (Å²) >= 11 is 1.18. The molecule has 46 heavy (non-hydrogen) atoms. The van der Waals surface area contributed by atoms with Gasteiger partial charge in [-0.25, -0.2) is 9.38 Å². The Morgan fingerprint density at radius 2 is 1.80 bits per heavy atom. The minimum Gasteiger partial charge on any atom is -0.493 e. The van der Waals surface area contributed by atoms with Crippen LogP contribution in [0.25, 0.3) is 6.08 Å². The predicted octanol–water partition coefficient (Wildman–Crippen LogP) is 3.26. The lowest BCUT2D eigenvalue weighted by atomic mass is 9.95. The average Bonchev–Trinajstić information content (AvgIpc) is 3.37. The monoisotopic (exact) mass is 642 g/mol. The Hall–Kier alpha value is -5.07. The van der Waals surface area contributed by atoms with Crippen molar-refractivity contribution in [1.82, 2.24) is 9.47 Å². The van der Waals surface area contributed by atoms with Crippen LogP contribution in [0, 0.1) is 5.82 Å². The molecule has 12 heteroatoms. The summed E-state index contributed by atoms with van der Waals surface area (Å²) < 4.78 is 32.4. The molecular weight excluding hydrogens is 611 g/mol. The van der Waals surface area contributed by atoms with Crippen LogP contribution in [0.2, 0.25) is 0 Å². The van der Waals surface area contributed by atoms with Crippen molar-refractivity contribution in [2.75, 3.05) is 45.3 Å². The van der Waals surface area contributed by atoms with E-state index >= 15 is 0 Å². The number of fused-ring (bicyclic) bond motifs is 1. The molecule has 3 aromatic carbocycles. The van der Waals surface area contributed by atoms with Gasteiger partial charge in [-0.05, 0) is 60.5 Å². The van der Waals surface area contributed by atoms with Gasteiger partial charge in [-0.1, -0.05) is 47.7 Å². The molecule has 2 aliphatic heterocycles. The zero-order chi connectivity index (χ0) is 32.2. The molecule has 236 valence electrons. The largest absolute Gasteiger partial charge is 0.493 e. The number of carbonyl (C=O) groups excluding carboxylic acids is 2. The number of nitrogens with zero attached hydrogens (tertiary/aromatic N) is 3. The SMILES string of the molecule is COc1cc(/C=c2/sc3n(c2=O)[C@H](c2ccc(F)cc2)C(C(=O)Nc2ccccc2)=C(C)N=3)ccc1OCC(=O)N1CCOCC1. The van der Waals surface area contributed by atoms with Gasteiger partial charge in [0.25, 0.3) is 17.4 Å². The number of hydrogen-bond donors (Lipinski definition) is 1. The summed E-state index contributed by atoms with van der Waals surface area (Å²) in [5.41, 5.74) is 2.19.